The molecule has 0 spiro atoms. The smallest absolute Gasteiger partial charge is 0.255 e. The van der Waals surface area contributed by atoms with E-state index in [1.807, 2.05) is 38.1 Å². The van der Waals surface area contributed by atoms with E-state index >= 15 is 0 Å². The fourth-order valence-electron chi connectivity index (χ4n) is 1.42. The summed E-state index contributed by atoms with van der Waals surface area (Å²) in [6, 6.07) is 7.54. The molecule has 78 valence electrons. The monoisotopic (exact) mass is 266 g/mol. The van der Waals surface area contributed by atoms with Crippen LogP contribution in [0.2, 0.25) is 0 Å². The number of amides is 1. The van der Waals surface area contributed by atoms with E-state index in [4.69, 9.17) is 0 Å². The molecule has 1 aromatic carbocycles. The minimum absolute atomic E-state index is 0.0369. The van der Waals surface area contributed by atoms with Crippen LogP contribution in [-0.4, -0.2) is 11.6 Å². The van der Waals surface area contributed by atoms with E-state index < -0.39 is 0 Å². The van der Waals surface area contributed by atoms with Crippen LogP contribution in [0.3, 0.4) is 0 Å². The number of hydrazone groups is 1. The highest BCUT2D eigenvalue weighted by atomic mass is 79.9. The van der Waals surface area contributed by atoms with Crippen molar-refractivity contribution < 1.29 is 4.79 Å². The first-order valence-corrected chi connectivity index (χ1v) is 5.53. The lowest BCUT2D eigenvalue weighted by molar-refractivity contribution is -0.119. The molecule has 0 aromatic heterocycles. The third kappa shape index (κ3) is 1.81. The second-order valence-electron chi connectivity index (χ2n) is 3.59. The summed E-state index contributed by atoms with van der Waals surface area (Å²) in [6.07, 6.45) is 0. The number of hydrogen-bond donors (Lipinski definition) is 0. The van der Waals surface area contributed by atoms with E-state index in [0.29, 0.717) is 0 Å². The molecule has 1 aromatic rings. The second-order valence-corrected chi connectivity index (χ2v) is 4.51. The number of anilines is 1. The van der Waals surface area contributed by atoms with Gasteiger partial charge in [0, 0.05) is 10.2 Å². The van der Waals surface area contributed by atoms with Crippen LogP contribution >= 0.6 is 15.9 Å². The first-order valence-electron chi connectivity index (χ1n) is 4.74. The number of benzene rings is 1. The predicted molar refractivity (Wildman–Crippen MR) is 63.9 cm³/mol. The standard InChI is InChI=1S/C11H11BrN2O/c1-7-8(2)13-14(11(7)15)10-5-3-9(12)4-6-10/h3-7H,1-2H3. The first kappa shape index (κ1) is 10.4. The van der Waals surface area contributed by atoms with Gasteiger partial charge in [-0.2, -0.15) is 5.10 Å². The van der Waals surface area contributed by atoms with Crippen molar-refractivity contribution in [2.75, 3.05) is 5.01 Å². The molecule has 0 N–H and O–H groups in total. The molecule has 2 rings (SSSR count). The molecule has 1 aliphatic heterocycles. The maximum absolute atomic E-state index is 11.8. The Balaban J connectivity index is 2.33. The number of rotatable bonds is 1. The van der Waals surface area contributed by atoms with Crippen LogP contribution in [0.5, 0.6) is 0 Å². The minimum Gasteiger partial charge on any atom is -0.272 e. The summed E-state index contributed by atoms with van der Waals surface area (Å²) in [4.78, 5) is 11.8. The van der Waals surface area contributed by atoms with Crippen LogP contribution < -0.4 is 5.01 Å². The molecule has 0 aliphatic carbocycles. The Kier molecular flexibility index (Phi) is 2.61. The van der Waals surface area contributed by atoms with Gasteiger partial charge in [0.05, 0.1) is 11.6 Å². The van der Waals surface area contributed by atoms with Gasteiger partial charge in [-0.05, 0) is 38.1 Å². The van der Waals surface area contributed by atoms with E-state index in [1.54, 1.807) is 0 Å². The Labute approximate surface area is 96.9 Å². The van der Waals surface area contributed by atoms with Gasteiger partial charge in [0.25, 0.3) is 5.91 Å². The largest absolute Gasteiger partial charge is 0.272 e. The van der Waals surface area contributed by atoms with Crippen molar-refractivity contribution in [3.8, 4) is 0 Å². The summed E-state index contributed by atoms with van der Waals surface area (Å²) in [5.74, 6) is -0.0662. The topological polar surface area (TPSA) is 32.7 Å². The molecule has 3 nitrogen and oxygen atoms in total. The third-order valence-electron chi connectivity index (χ3n) is 2.53. The predicted octanol–water partition coefficient (Wildman–Crippen LogP) is 2.81. The zero-order chi connectivity index (χ0) is 11.0. The van der Waals surface area contributed by atoms with Gasteiger partial charge in [0.15, 0.2) is 0 Å². The summed E-state index contributed by atoms with van der Waals surface area (Å²) in [7, 11) is 0. The molecule has 1 heterocycles. The SMILES string of the molecule is CC1=NN(c2ccc(Br)cc2)C(=O)C1C. The lowest BCUT2D eigenvalue weighted by Crippen LogP contribution is -2.24. The second kappa shape index (κ2) is 3.77. The molecule has 0 bridgehead atoms. The molecular formula is C11H11BrN2O. The Bertz CT molecular complexity index is 425. The molecule has 15 heavy (non-hydrogen) atoms. The fourth-order valence-corrected chi connectivity index (χ4v) is 1.69. The van der Waals surface area contributed by atoms with E-state index in [0.717, 1.165) is 15.9 Å². The van der Waals surface area contributed by atoms with Crippen LogP contribution in [0, 0.1) is 5.92 Å². The number of carbonyl (C=O) groups is 1. The zero-order valence-corrected chi connectivity index (χ0v) is 10.2. The third-order valence-corrected chi connectivity index (χ3v) is 3.06. The highest BCUT2D eigenvalue weighted by molar-refractivity contribution is 9.10. The highest BCUT2D eigenvalue weighted by Crippen LogP contribution is 2.24. The lowest BCUT2D eigenvalue weighted by atomic mass is 10.1. The Hall–Kier alpha value is -1.16. The van der Waals surface area contributed by atoms with Crippen LogP contribution in [0.4, 0.5) is 5.69 Å². The van der Waals surface area contributed by atoms with Gasteiger partial charge in [-0.15, -0.1) is 0 Å². The Morgan fingerprint density at radius 3 is 2.40 bits per heavy atom. The van der Waals surface area contributed by atoms with Crippen LogP contribution in [0.1, 0.15) is 13.8 Å². The van der Waals surface area contributed by atoms with Gasteiger partial charge in [-0.25, -0.2) is 5.01 Å². The molecule has 0 fully saturated rings. The molecule has 0 saturated heterocycles. The van der Waals surface area contributed by atoms with Gasteiger partial charge < -0.3 is 0 Å². The number of halogens is 1. The Morgan fingerprint density at radius 2 is 1.93 bits per heavy atom. The van der Waals surface area contributed by atoms with E-state index in [-0.39, 0.29) is 11.8 Å². The van der Waals surface area contributed by atoms with Gasteiger partial charge in [-0.1, -0.05) is 15.9 Å². The van der Waals surface area contributed by atoms with Gasteiger partial charge in [-0.3, -0.25) is 4.79 Å². The van der Waals surface area contributed by atoms with E-state index in [9.17, 15) is 4.79 Å². The van der Waals surface area contributed by atoms with E-state index in [2.05, 4.69) is 21.0 Å². The highest BCUT2D eigenvalue weighted by Gasteiger charge is 2.30. The lowest BCUT2D eigenvalue weighted by Gasteiger charge is -2.12. The number of carbonyl (C=O) groups excluding carboxylic acids is 1. The summed E-state index contributed by atoms with van der Waals surface area (Å²) in [5.41, 5.74) is 1.68. The van der Waals surface area contributed by atoms with Crippen molar-refractivity contribution in [2.45, 2.75) is 13.8 Å². The van der Waals surface area contributed by atoms with Crippen molar-refractivity contribution in [2.24, 2.45) is 11.0 Å². The summed E-state index contributed by atoms with van der Waals surface area (Å²) in [6.45, 7) is 3.75. The van der Waals surface area contributed by atoms with Crippen LogP contribution in [0.25, 0.3) is 0 Å². The zero-order valence-electron chi connectivity index (χ0n) is 8.57. The average Bonchev–Trinajstić information content (AvgIpc) is 2.47. The minimum atomic E-state index is -0.103. The molecular weight excluding hydrogens is 256 g/mol. The molecule has 1 atom stereocenters. The molecule has 0 radical (unpaired) electrons. The molecule has 1 amide bonds. The number of nitrogens with zero attached hydrogens (tertiary/aromatic N) is 2. The van der Waals surface area contributed by atoms with Crippen molar-refractivity contribution >= 4 is 33.2 Å². The van der Waals surface area contributed by atoms with Crippen molar-refractivity contribution in [1.82, 2.24) is 0 Å². The van der Waals surface area contributed by atoms with Gasteiger partial charge in [0.2, 0.25) is 0 Å². The average molecular weight is 267 g/mol. The van der Waals surface area contributed by atoms with Crippen molar-refractivity contribution in [1.29, 1.82) is 0 Å². The molecule has 4 heteroatoms. The van der Waals surface area contributed by atoms with Gasteiger partial charge in [0.1, 0.15) is 0 Å². The Morgan fingerprint density at radius 1 is 1.33 bits per heavy atom. The maximum atomic E-state index is 11.8. The quantitative estimate of drug-likeness (QED) is 0.770. The first-order chi connectivity index (χ1) is 7.09. The molecule has 1 unspecified atom stereocenters. The summed E-state index contributed by atoms with van der Waals surface area (Å²) in [5, 5.41) is 5.70. The van der Waals surface area contributed by atoms with Gasteiger partial charge >= 0.3 is 0 Å². The van der Waals surface area contributed by atoms with Crippen molar-refractivity contribution in [3.05, 3.63) is 28.7 Å². The summed E-state index contributed by atoms with van der Waals surface area (Å²) < 4.78 is 0.992. The fraction of sp³-hybridized carbons (Fsp3) is 0.273. The van der Waals surface area contributed by atoms with Crippen LogP contribution in [-0.2, 0) is 4.79 Å². The van der Waals surface area contributed by atoms with Crippen LogP contribution in [0.15, 0.2) is 33.8 Å². The van der Waals surface area contributed by atoms with E-state index in [1.165, 1.54) is 5.01 Å². The van der Waals surface area contributed by atoms with Crippen molar-refractivity contribution in [3.63, 3.8) is 0 Å². The molecule has 0 saturated carbocycles. The normalized spacial score (nSPS) is 20.7. The number of hydrogen-bond acceptors (Lipinski definition) is 2. The maximum Gasteiger partial charge on any atom is 0.255 e. The molecule has 1 aliphatic rings. The summed E-state index contributed by atoms with van der Waals surface area (Å²) >= 11 is 3.35.